The van der Waals surface area contributed by atoms with Gasteiger partial charge < -0.3 is 0 Å². The molecule has 0 bridgehead atoms. The van der Waals surface area contributed by atoms with Crippen LogP contribution in [0.15, 0.2) is 12.7 Å². The van der Waals surface area contributed by atoms with Crippen LogP contribution in [0.2, 0.25) is 0 Å². The van der Waals surface area contributed by atoms with Crippen LogP contribution in [0, 0.1) is 11.8 Å². The Kier molecular flexibility index (Phi) is 5.19. The first-order chi connectivity index (χ1) is 6.36. The van der Waals surface area contributed by atoms with E-state index >= 15 is 0 Å². The molecule has 0 aromatic carbocycles. The Morgan fingerprint density at radius 1 is 1.15 bits per heavy atom. The first kappa shape index (κ1) is 10.8. The largest absolute Gasteiger partial charge is 0.103 e. The summed E-state index contributed by atoms with van der Waals surface area (Å²) in [6.45, 7) is 6.17. The minimum absolute atomic E-state index is 0.836. The first-order valence-corrected chi connectivity index (χ1v) is 5.99. The maximum Gasteiger partial charge on any atom is -0.0236 e. The van der Waals surface area contributed by atoms with E-state index in [2.05, 4.69) is 19.6 Å². The van der Waals surface area contributed by atoms with Crippen molar-refractivity contribution < 1.29 is 0 Å². The molecular weight excluding hydrogens is 156 g/mol. The molecule has 0 aromatic rings. The molecule has 76 valence electrons. The van der Waals surface area contributed by atoms with E-state index in [-0.39, 0.29) is 0 Å². The summed E-state index contributed by atoms with van der Waals surface area (Å²) in [4.78, 5) is 0. The average Bonchev–Trinajstić information content (AvgIpc) is 2.19. The van der Waals surface area contributed by atoms with Crippen molar-refractivity contribution in [3.8, 4) is 0 Å². The molecule has 0 unspecified atom stereocenters. The Morgan fingerprint density at radius 3 is 2.38 bits per heavy atom. The van der Waals surface area contributed by atoms with E-state index in [0.717, 1.165) is 11.8 Å². The zero-order valence-corrected chi connectivity index (χ0v) is 9.10. The standard InChI is InChI=1S/C13H24/c1-3-5-6-7-13-10-8-12(4-2)9-11-13/h4,12-13H,2-3,5-11H2,1H3. The second-order valence-corrected chi connectivity index (χ2v) is 4.51. The molecule has 1 fully saturated rings. The normalized spacial score (nSPS) is 28.7. The predicted octanol–water partition coefficient (Wildman–Crippen LogP) is 4.56. The van der Waals surface area contributed by atoms with Crippen molar-refractivity contribution >= 4 is 0 Å². The summed E-state index contributed by atoms with van der Waals surface area (Å²) in [5, 5.41) is 0. The maximum atomic E-state index is 3.88. The van der Waals surface area contributed by atoms with Crippen LogP contribution in [-0.4, -0.2) is 0 Å². The highest BCUT2D eigenvalue weighted by Crippen LogP contribution is 2.32. The van der Waals surface area contributed by atoms with Crippen molar-refractivity contribution in [1.29, 1.82) is 0 Å². The van der Waals surface area contributed by atoms with Gasteiger partial charge in [-0.15, -0.1) is 6.58 Å². The molecule has 0 spiro atoms. The number of rotatable bonds is 5. The zero-order chi connectivity index (χ0) is 9.52. The quantitative estimate of drug-likeness (QED) is 0.430. The summed E-state index contributed by atoms with van der Waals surface area (Å²) in [6, 6.07) is 0. The van der Waals surface area contributed by atoms with Crippen molar-refractivity contribution in [2.45, 2.75) is 58.3 Å². The molecule has 0 heteroatoms. The van der Waals surface area contributed by atoms with Crippen molar-refractivity contribution in [2.75, 3.05) is 0 Å². The van der Waals surface area contributed by atoms with Crippen LogP contribution in [0.4, 0.5) is 0 Å². The van der Waals surface area contributed by atoms with Gasteiger partial charge in [-0.1, -0.05) is 38.7 Å². The smallest absolute Gasteiger partial charge is 0.0236 e. The van der Waals surface area contributed by atoms with E-state index in [1.165, 1.54) is 51.4 Å². The van der Waals surface area contributed by atoms with Crippen LogP contribution in [0.5, 0.6) is 0 Å². The van der Waals surface area contributed by atoms with Crippen LogP contribution < -0.4 is 0 Å². The highest BCUT2D eigenvalue weighted by molar-refractivity contribution is 4.83. The number of hydrogen-bond donors (Lipinski definition) is 0. The molecule has 0 aliphatic heterocycles. The van der Waals surface area contributed by atoms with Gasteiger partial charge in [0, 0.05) is 0 Å². The lowest BCUT2D eigenvalue weighted by Gasteiger charge is -2.26. The highest BCUT2D eigenvalue weighted by atomic mass is 14.2. The number of hydrogen-bond acceptors (Lipinski definition) is 0. The van der Waals surface area contributed by atoms with Gasteiger partial charge in [0.2, 0.25) is 0 Å². The molecule has 1 aliphatic rings. The van der Waals surface area contributed by atoms with Crippen LogP contribution in [-0.2, 0) is 0 Å². The van der Waals surface area contributed by atoms with Gasteiger partial charge in [0.15, 0.2) is 0 Å². The fourth-order valence-corrected chi connectivity index (χ4v) is 2.40. The van der Waals surface area contributed by atoms with Crippen molar-refractivity contribution in [1.82, 2.24) is 0 Å². The molecule has 1 rings (SSSR count). The molecule has 0 N–H and O–H groups in total. The summed E-state index contributed by atoms with van der Waals surface area (Å²) in [6.07, 6.45) is 13.6. The van der Waals surface area contributed by atoms with Crippen LogP contribution in [0.25, 0.3) is 0 Å². The zero-order valence-electron chi connectivity index (χ0n) is 9.10. The lowest BCUT2D eigenvalue weighted by molar-refractivity contribution is 0.289. The Morgan fingerprint density at radius 2 is 1.85 bits per heavy atom. The molecule has 0 atom stereocenters. The monoisotopic (exact) mass is 180 g/mol. The fraction of sp³-hybridized carbons (Fsp3) is 0.846. The third-order valence-corrected chi connectivity index (χ3v) is 3.44. The van der Waals surface area contributed by atoms with E-state index in [0.29, 0.717) is 0 Å². The molecule has 13 heavy (non-hydrogen) atoms. The van der Waals surface area contributed by atoms with Gasteiger partial charge in [0.25, 0.3) is 0 Å². The average molecular weight is 180 g/mol. The third kappa shape index (κ3) is 3.97. The summed E-state index contributed by atoms with van der Waals surface area (Å²) in [5.41, 5.74) is 0. The van der Waals surface area contributed by atoms with Crippen molar-refractivity contribution in [3.63, 3.8) is 0 Å². The van der Waals surface area contributed by atoms with E-state index in [1.54, 1.807) is 0 Å². The highest BCUT2D eigenvalue weighted by Gasteiger charge is 2.18. The number of allylic oxidation sites excluding steroid dienone is 1. The van der Waals surface area contributed by atoms with E-state index in [1.807, 2.05) is 0 Å². The van der Waals surface area contributed by atoms with Gasteiger partial charge in [-0.05, 0) is 37.5 Å². The van der Waals surface area contributed by atoms with E-state index in [4.69, 9.17) is 0 Å². The molecule has 1 aliphatic carbocycles. The second kappa shape index (κ2) is 6.23. The van der Waals surface area contributed by atoms with Gasteiger partial charge in [-0.25, -0.2) is 0 Å². The van der Waals surface area contributed by atoms with Crippen LogP contribution in [0.1, 0.15) is 58.3 Å². The Hall–Kier alpha value is -0.260. The van der Waals surface area contributed by atoms with Gasteiger partial charge in [-0.3, -0.25) is 0 Å². The minimum atomic E-state index is 0.836. The second-order valence-electron chi connectivity index (χ2n) is 4.51. The summed E-state index contributed by atoms with van der Waals surface area (Å²) >= 11 is 0. The topological polar surface area (TPSA) is 0 Å². The molecular formula is C13H24. The SMILES string of the molecule is C=CC1CCC(CCCCC)CC1. The molecule has 0 heterocycles. The summed E-state index contributed by atoms with van der Waals surface area (Å²) in [5.74, 6) is 1.88. The van der Waals surface area contributed by atoms with Crippen molar-refractivity contribution in [3.05, 3.63) is 12.7 Å². The Labute approximate surface area is 83.4 Å². The molecule has 1 saturated carbocycles. The lowest BCUT2D eigenvalue weighted by Crippen LogP contribution is -2.12. The molecule has 0 aromatic heterocycles. The molecule has 0 amide bonds. The molecule has 0 saturated heterocycles. The Balaban J connectivity index is 2.07. The van der Waals surface area contributed by atoms with E-state index in [9.17, 15) is 0 Å². The van der Waals surface area contributed by atoms with Crippen molar-refractivity contribution in [2.24, 2.45) is 11.8 Å². The molecule has 0 nitrogen and oxygen atoms in total. The fourth-order valence-electron chi connectivity index (χ4n) is 2.40. The minimum Gasteiger partial charge on any atom is -0.103 e. The lowest BCUT2D eigenvalue weighted by atomic mass is 9.80. The predicted molar refractivity (Wildman–Crippen MR) is 59.8 cm³/mol. The summed E-state index contributed by atoms with van der Waals surface area (Å²) < 4.78 is 0. The Bertz CT molecular complexity index is 129. The van der Waals surface area contributed by atoms with Crippen LogP contribution >= 0.6 is 0 Å². The van der Waals surface area contributed by atoms with E-state index < -0.39 is 0 Å². The van der Waals surface area contributed by atoms with Crippen LogP contribution in [0.3, 0.4) is 0 Å². The maximum absolute atomic E-state index is 3.88. The van der Waals surface area contributed by atoms with Gasteiger partial charge in [0.1, 0.15) is 0 Å². The van der Waals surface area contributed by atoms with Gasteiger partial charge >= 0.3 is 0 Å². The summed E-state index contributed by atoms with van der Waals surface area (Å²) in [7, 11) is 0. The molecule has 0 radical (unpaired) electrons. The number of unbranched alkanes of at least 4 members (excludes halogenated alkanes) is 2. The van der Waals surface area contributed by atoms with Gasteiger partial charge in [0.05, 0.1) is 0 Å². The first-order valence-electron chi connectivity index (χ1n) is 5.99. The van der Waals surface area contributed by atoms with Gasteiger partial charge in [-0.2, -0.15) is 0 Å². The third-order valence-electron chi connectivity index (χ3n) is 3.44.